The lowest BCUT2D eigenvalue weighted by Crippen LogP contribution is -2.47. The van der Waals surface area contributed by atoms with Crippen LogP contribution in [0.1, 0.15) is 21.5 Å². The molecule has 1 aliphatic rings. The number of nitrogens with two attached hydrogens (primary N) is 1. The number of nitrogens with one attached hydrogen (secondary N) is 2. The predicted molar refractivity (Wildman–Crippen MR) is 108 cm³/mol. The van der Waals surface area contributed by atoms with Gasteiger partial charge in [0.1, 0.15) is 0 Å². The minimum Gasteiger partial charge on any atom is -0.374 e. The van der Waals surface area contributed by atoms with Gasteiger partial charge in [0.05, 0.1) is 12.7 Å². The number of carbonyl (C=O) groups excluding carboxylic acids is 2. The number of primary amides is 1. The minimum absolute atomic E-state index is 0.0672. The molecule has 0 aliphatic carbocycles. The fraction of sp³-hybridized carbons (Fsp3) is 0.333. The molecule has 0 saturated carbocycles. The third-order valence-electron chi connectivity index (χ3n) is 4.72. The van der Waals surface area contributed by atoms with Crippen LogP contribution in [-0.4, -0.2) is 49.2 Å². The van der Waals surface area contributed by atoms with Crippen molar-refractivity contribution in [2.45, 2.75) is 19.6 Å². The van der Waals surface area contributed by atoms with Gasteiger partial charge < -0.3 is 21.1 Å². The molecular weight excluding hydrogens is 356 g/mol. The molecule has 7 nitrogen and oxygen atoms in total. The standard InChI is InChI=1S/C21H26N4O3/c1-15-7-8-17(11-19(15)20(22)26)24-21(27)23-12-18-14-25(9-10-28-18)13-16-5-3-2-4-6-16/h2-8,11,18H,9-10,12-14H2,1H3,(H2,22,26)(H2,23,24,27). The quantitative estimate of drug-likeness (QED) is 0.713. The Labute approximate surface area is 164 Å². The number of ether oxygens (including phenoxy) is 1. The Morgan fingerprint density at radius 1 is 1.21 bits per heavy atom. The van der Waals surface area contributed by atoms with Crippen molar-refractivity contribution in [3.63, 3.8) is 0 Å². The molecule has 3 amide bonds. The van der Waals surface area contributed by atoms with Crippen LogP contribution in [-0.2, 0) is 11.3 Å². The van der Waals surface area contributed by atoms with E-state index in [4.69, 9.17) is 10.5 Å². The molecule has 1 saturated heterocycles. The first-order valence-corrected chi connectivity index (χ1v) is 9.34. The van der Waals surface area contributed by atoms with Gasteiger partial charge in [0, 0.05) is 37.4 Å². The second-order valence-corrected chi connectivity index (χ2v) is 6.94. The van der Waals surface area contributed by atoms with E-state index in [2.05, 4.69) is 27.7 Å². The van der Waals surface area contributed by atoms with E-state index >= 15 is 0 Å². The molecule has 2 aromatic rings. The Hall–Kier alpha value is -2.90. The van der Waals surface area contributed by atoms with Crippen LogP contribution < -0.4 is 16.4 Å². The summed E-state index contributed by atoms with van der Waals surface area (Å²) in [4.78, 5) is 25.9. The van der Waals surface area contributed by atoms with Gasteiger partial charge in [-0.25, -0.2) is 4.79 Å². The molecule has 3 rings (SSSR count). The van der Waals surface area contributed by atoms with E-state index in [9.17, 15) is 9.59 Å². The Kier molecular flexibility index (Phi) is 6.62. The second-order valence-electron chi connectivity index (χ2n) is 6.94. The van der Waals surface area contributed by atoms with Crippen LogP contribution in [0, 0.1) is 6.92 Å². The lowest BCUT2D eigenvalue weighted by molar-refractivity contribution is -0.0285. The Morgan fingerprint density at radius 2 is 2.00 bits per heavy atom. The molecule has 0 spiro atoms. The van der Waals surface area contributed by atoms with Crippen molar-refractivity contribution >= 4 is 17.6 Å². The number of benzene rings is 2. The topological polar surface area (TPSA) is 96.7 Å². The summed E-state index contributed by atoms with van der Waals surface area (Å²) in [6, 6.07) is 15.0. The van der Waals surface area contributed by atoms with Crippen LogP contribution in [0.4, 0.5) is 10.5 Å². The highest BCUT2D eigenvalue weighted by Gasteiger charge is 2.21. The molecule has 0 aromatic heterocycles. The molecule has 1 heterocycles. The summed E-state index contributed by atoms with van der Waals surface area (Å²) < 4.78 is 5.77. The monoisotopic (exact) mass is 382 g/mol. The summed E-state index contributed by atoms with van der Waals surface area (Å²) in [5.74, 6) is -0.518. The Balaban J connectivity index is 1.47. The number of urea groups is 1. The maximum atomic E-state index is 12.2. The van der Waals surface area contributed by atoms with Crippen LogP contribution in [0.5, 0.6) is 0 Å². The first-order valence-electron chi connectivity index (χ1n) is 9.34. The number of hydrogen-bond acceptors (Lipinski definition) is 4. The van der Waals surface area contributed by atoms with Gasteiger partial charge in [0.15, 0.2) is 0 Å². The molecule has 148 valence electrons. The van der Waals surface area contributed by atoms with Gasteiger partial charge in [-0.2, -0.15) is 0 Å². The molecule has 2 aromatic carbocycles. The smallest absolute Gasteiger partial charge is 0.319 e. The zero-order chi connectivity index (χ0) is 19.9. The molecule has 7 heteroatoms. The van der Waals surface area contributed by atoms with Crippen LogP contribution in [0.15, 0.2) is 48.5 Å². The Bertz CT molecular complexity index is 826. The first kappa shape index (κ1) is 19.9. The number of nitrogens with zero attached hydrogens (tertiary/aromatic N) is 1. The zero-order valence-corrected chi connectivity index (χ0v) is 16.0. The number of amides is 3. The van der Waals surface area contributed by atoms with Gasteiger partial charge >= 0.3 is 6.03 Å². The summed E-state index contributed by atoms with van der Waals surface area (Å²) in [5.41, 5.74) is 8.30. The minimum atomic E-state index is -0.518. The molecule has 0 radical (unpaired) electrons. The zero-order valence-electron chi connectivity index (χ0n) is 16.0. The molecule has 1 fully saturated rings. The fourth-order valence-electron chi connectivity index (χ4n) is 3.24. The van der Waals surface area contributed by atoms with Crippen molar-refractivity contribution in [1.29, 1.82) is 0 Å². The number of morpholine rings is 1. The molecule has 28 heavy (non-hydrogen) atoms. The average molecular weight is 382 g/mol. The average Bonchev–Trinajstić information content (AvgIpc) is 2.69. The van der Waals surface area contributed by atoms with Crippen LogP contribution in [0.25, 0.3) is 0 Å². The summed E-state index contributed by atoms with van der Waals surface area (Å²) >= 11 is 0. The third-order valence-corrected chi connectivity index (χ3v) is 4.72. The largest absolute Gasteiger partial charge is 0.374 e. The molecule has 1 unspecified atom stereocenters. The Morgan fingerprint density at radius 3 is 2.75 bits per heavy atom. The molecule has 4 N–H and O–H groups in total. The number of rotatable bonds is 6. The molecular formula is C21H26N4O3. The van der Waals surface area contributed by atoms with Crippen molar-refractivity contribution in [1.82, 2.24) is 10.2 Å². The maximum absolute atomic E-state index is 12.2. The van der Waals surface area contributed by atoms with Crippen molar-refractivity contribution in [2.24, 2.45) is 5.73 Å². The van der Waals surface area contributed by atoms with E-state index < -0.39 is 5.91 Å². The van der Waals surface area contributed by atoms with E-state index in [1.165, 1.54) is 5.56 Å². The lowest BCUT2D eigenvalue weighted by Gasteiger charge is -2.33. The molecule has 1 atom stereocenters. The second kappa shape index (κ2) is 9.34. The number of anilines is 1. The van der Waals surface area contributed by atoms with Gasteiger partial charge in [-0.15, -0.1) is 0 Å². The summed E-state index contributed by atoms with van der Waals surface area (Å²) in [6.45, 7) is 5.34. The van der Waals surface area contributed by atoms with E-state index in [0.29, 0.717) is 24.4 Å². The number of aryl methyl sites for hydroxylation is 1. The van der Waals surface area contributed by atoms with Crippen LogP contribution in [0.2, 0.25) is 0 Å². The van der Waals surface area contributed by atoms with Gasteiger partial charge in [-0.05, 0) is 30.2 Å². The fourth-order valence-corrected chi connectivity index (χ4v) is 3.24. The highest BCUT2D eigenvalue weighted by Crippen LogP contribution is 2.15. The first-order chi connectivity index (χ1) is 13.5. The van der Waals surface area contributed by atoms with E-state index in [-0.39, 0.29) is 12.1 Å². The summed E-state index contributed by atoms with van der Waals surface area (Å²) in [7, 11) is 0. The van der Waals surface area contributed by atoms with Crippen LogP contribution >= 0.6 is 0 Å². The van der Waals surface area contributed by atoms with Gasteiger partial charge in [-0.3, -0.25) is 9.69 Å². The van der Waals surface area contributed by atoms with E-state index in [0.717, 1.165) is 25.2 Å². The normalized spacial score (nSPS) is 17.1. The number of hydrogen-bond donors (Lipinski definition) is 3. The van der Waals surface area contributed by atoms with E-state index in [1.54, 1.807) is 25.1 Å². The maximum Gasteiger partial charge on any atom is 0.319 e. The summed E-state index contributed by atoms with van der Waals surface area (Å²) in [6.07, 6.45) is -0.0672. The highest BCUT2D eigenvalue weighted by molar-refractivity contribution is 5.97. The van der Waals surface area contributed by atoms with Crippen molar-refractivity contribution < 1.29 is 14.3 Å². The predicted octanol–water partition coefficient (Wildman–Crippen LogP) is 2.12. The summed E-state index contributed by atoms with van der Waals surface area (Å²) in [5, 5.41) is 5.56. The van der Waals surface area contributed by atoms with Crippen LogP contribution in [0.3, 0.4) is 0 Å². The lowest BCUT2D eigenvalue weighted by atomic mass is 10.1. The molecule has 0 bridgehead atoms. The van der Waals surface area contributed by atoms with E-state index in [1.807, 2.05) is 18.2 Å². The number of carbonyl (C=O) groups is 2. The van der Waals surface area contributed by atoms with Crippen molar-refractivity contribution in [3.05, 3.63) is 65.2 Å². The van der Waals surface area contributed by atoms with Gasteiger partial charge in [-0.1, -0.05) is 36.4 Å². The SMILES string of the molecule is Cc1ccc(NC(=O)NCC2CN(Cc3ccccc3)CCO2)cc1C(N)=O. The highest BCUT2D eigenvalue weighted by atomic mass is 16.5. The molecule has 1 aliphatic heterocycles. The third kappa shape index (κ3) is 5.55. The van der Waals surface area contributed by atoms with Crippen molar-refractivity contribution in [2.75, 3.05) is 31.6 Å². The van der Waals surface area contributed by atoms with Gasteiger partial charge in [0.2, 0.25) is 5.91 Å². The van der Waals surface area contributed by atoms with Crippen molar-refractivity contribution in [3.8, 4) is 0 Å². The van der Waals surface area contributed by atoms with Gasteiger partial charge in [0.25, 0.3) is 0 Å².